The van der Waals surface area contributed by atoms with Crippen LogP contribution in [0.4, 0.5) is 0 Å². The molecule has 1 aromatic rings. The molecular formula is C15H22ClNO2. The van der Waals surface area contributed by atoms with E-state index in [0.717, 1.165) is 44.6 Å². The predicted molar refractivity (Wildman–Crippen MR) is 77.5 cm³/mol. The molecule has 106 valence electrons. The summed E-state index contributed by atoms with van der Waals surface area (Å²) in [6, 6.07) is 7.46. The van der Waals surface area contributed by atoms with Gasteiger partial charge in [-0.2, -0.15) is 0 Å². The Bertz CT molecular complexity index is 399. The summed E-state index contributed by atoms with van der Waals surface area (Å²) in [5.74, 6) is 0. The first-order chi connectivity index (χ1) is 9.19. The number of benzene rings is 1. The Morgan fingerprint density at radius 3 is 3.11 bits per heavy atom. The maximum Gasteiger partial charge on any atom is 0.0802 e. The first-order valence-electron chi connectivity index (χ1n) is 6.96. The van der Waals surface area contributed by atoms with Crippen LogP contribution in [0.15, 0.2) is 24.3 Å². The SMILES string of the molecule is CCC1CN(CCC(O)c2cccc(Cl)c2)CCO1. The second kappa shape index (κ2) is 7.25. The highest BCUT2D eigenvalue weighted by Gasteiger charge is 2.19. The fourth-order valence-electron chi connectivity index (χ4n) is 2.42. The lowest BCUT2D eigenvalue weighted by atomic mass is 10.1. The van der Waals surface area contributed by atoms with E-state index >= 15 is 0 Å². The summed E-state index contributed by atoms with van der Waals surface area (Å²) >= 11 is 5.94. The van der Waals surface area contributed by atoms with E-state index in [1.54, 1.807) is 0 Å². The van der Waals surface area contributed by atoms with Crippen molar-refractivity contribution in [1.82, 2.24) is 4.90 Å². The first kappa shape index (κ1) is 14.8. The van der Waals surface area contributed by atoms with Crippen molar-refractivity contribution < 1.29 is 9.84 Å². The number of rotatable bonds is 5. The van der Waals surface area contributed by atoms with Crippen molar-refractivity contribution >= 4 is 11.6 Å². The number of hydrogen-bond acceptors (Lipinski definition) is 3. The van der Waals surface area contributed by atoms with E-state index in [1.807, 2.05) is 24.3 Å². The number of morpholine rings is 1. The smallest absolute Gasteiger partial charge is 0.0802 e. The minimum absolute atomic E-state index is 0.345. The highest BCUT2D eigenvalue weighted by atomic mass is 35.5. The van der Waals surface area contributed by atoms with Gasteiger partial charge in [0.25, 0.3) is 0 Å². The van der Waals surface area contributed by atoms with Crippen molar-refractivity contribution in [1.29, 1.82) is 0 Å². The topological polar surface area (TPSA) is 32.7 Å². The minimum atomic E-state index is -0.443. The van der Waals surface area contributed by atoms with Crippen LogP contribution in [0.25, 0.3) is 0 Å². The first-order valence-corrected chi connectivity index (χ1v) is 7.34. The molecule has 0 amide bonds. The zero-order valence-corrected chi connectivity index (χ0v) is 12.1. The molecule has 1 heterocycles. The third-order valence-corrected chi connectivity index (χ3v) is 3.87. The van der Waals surface area contributed by atoms with Gasteiger partial charge in [-0.3, -0.25) is 4.90 Å². The minimum Gasteiger partial charge on any atom is -0.388 e. The van der Waals surface area contributed by atoms with Gasteiger partial charge in [-0.25, -0.2) is 0 Å². The van der Waals surface area contributed by atoms with Crippen LogP contribution in [0, 0.1) is 0 Å². The van der Waals surface area contributed by atoms with E-state index in [2.05, 4.69) is 11.8 Å². The summed E-state index contributed by atoms with van der Waals surface area (Å²) in [5, 5.41) is 10.9. The monoisotopic (exact) mass is 283 g/mol. The molecular weight excluding hydrogens is 262 g/mol. The van der Waals surface area contributed by atoms with Crippen LogP contribution >= 0.6 is 11.6 Å². The second-order valence-corrected chi connectivity index (χ2v) is 5.50. The number of aliphatic hydroxyl groups excluding tert-OH is 1. The fraction of sp³-hybridized carbons (Fsp3) is 0.600. The maximum absolute atomic E-state index is 10.2. The summed E-state index contributed by atoms with van der Waals surface area (Å²) in [6.45, 7) is 5.77. The lowest BCUT2D eigenvalue weighted by Crippen LogP contribution is -2.42. The van der Waals surface area contributed by atoms with Crippen molar-refractivity contribution in [3.05, 3.63) is 34.9 Å². The quantitative estimate of drug-likeness (QED) is 0.902. The van der Waals surface area contributed by atoms with Gasteiger partial charge in [0.05, 0.1) is 18.8 Å². The summed E-state index contributed by atoms with van der Waals surface area (Å²) < 4.78 is 5.64. The summed E-state index contributed by atoms with van der Waals surface area (Å²) in [7, 11) is 0. The number of nitrogens with zero attached hydrogens (tertiary/aromatic N) is 1. The predicted octanol–water partition coefficient (Wildman–Crippen LogP) is 2.87. The Kier molecular flexibility index (Phi) is 5.64. The van der Waals surface area contributed by atoms with E-state index in [0.29, 0.717) is 11.1 Å². The molecule has 1 aliphatic heterocycles. The third kappa shape index (κ3) is 4.46. The number of halogens is 1. The third-order valence-electron chi connectivity index (χ3n) is 3.63. The summed E-state index contributed by atoms with van der Waals surface area (Å²) in [6.07, 6.45) is 1.68. The normalized spacial score (nSPS) is 22.4. The van der Waals surface area contributed by atoms with Gasteiger partial charge in [-0.15, -0.1) is 0 Å². The van der Waals surface area contributed by atoms with Gasteiger partial charge < -0.3 is 9.84 Å². The van der Waals surface area contributed by atoms with Crippen LogP contribution < -0.4 is 0 Å². The van der Waals surface area contributed by atoms with E-state index in [4.69, 9.17) is 16.3 Å². The largest absolute Gasteiger partial charge is 0.388 e. The van der Waals surface area contributed by atoms with Crippen molar-refractivity contribution in [3.8, 4) is 0 Å². The Morgan fingerprint density at radius 1 is 1.53 bits per heavy atom. The van der Waals surface area contributed by atoms with Gasteiger partial charge in [-0.1, -0.05) is 30.7 Å². The van der Waals surface area contributed by atoms with Crippen LogP contribution in [0.2, 0.25) is 5.02 Å². The molecule has 1 N–H and O–H groups in total. The molecule has 2 rings (SSSR count). The molecule has 19 heavy (non-hydrogen) atoms. The molecule has 2 atom stereocenters. The number of ether oxygens (including phenoxy) is 1. The molecule has 0 aromatic heterocycles. The Labute approximate surface area is 120 Å². The lowest BCUT2D eigenvalue weighted by molar-refractivity contribution is -0.0330. The maximum atomic E-state index is 10.2. The van der Waals surface area contributed by atoms with E-state index in [-0.39, 0.29) is 0 Å². The van der Waals surface area contributed by atoms with Gasteiger partial charge in [0.1, 0.15) is 0 Å². The molecule has 1 saturated heterocycles. The molecule has 3 nitrogen and oxygen atoms in total. The summed E-state index contributed by atoms with van der Waals surface area (Å²) in [5.41, 5.74) is 0.896. The van der Waals surface area contributed by atoms with E-state index in [9.17, 15) is 5.11 Å². The highest BCUT2D eigenvalue weighted by molar-refractivity contribution is 6.30. The molecule has 0 bridgehead atoms. The molecule has 1 aromatic carbocycles. The highest BCUT2D eigenvalue weighted by Crippen LogP contribution is 2.21. The van der Waals surface area contributed by atoms with Gasteiger partial charge in [0.2, 0.25) is 0 Å². The molecule has 1 aliphatic rings. The second-order valence-electron chi connectivity index (χ2n) is 5.06. The fourth-order valence-corrected chi connectivity index (χ4v) is 2.61. The molecule has 2 unspecified atom stereocenters. The van der Waals surface area contributed by atoms with Gasteiger partial charge in [-0.05, 0) is 30.5 Å². The molecule has 0 aliphatic carbocycles. The lowest BCUT2D eigenvalue weighted by Gasteiger charge is -2.32. The average molecular weight is 284 g/mol. The molecule has 1 fully saturated rings. The van der Waals surface area contributed by atoms with Gasteiger partial charge in [0, 0.05) is 24.7 Å². The van der Waals surface area contributed by atoms with Crippen LogP contribution in [0.1, 0.15) is 31.4 Å². The zero-order chi connectivity index (χ0) is 13.7. The van der Waals surface area contributed by atoms with Crippen molar-refractivity contribution in [2.24, 2.45) is 0 Å². The Morgan fingerprint density at radius 2 is 2.37 bits per heavy atom. The van der Waals surface area contributed by atoms with E-state index < -0.39 is 6.10 Å². The van der Waals surface area contributed by atoms with Gasteiger partial charge >= 0.3 is 0 Å². The molecule has 4 heteroatoms. The van der Waals surface area contributed by atoms with Crippen molar-refractivity contribution in [3.63, 3.8) is 0 Å². The van der Waals surface area contributed by atoms with Crippen LogP contribution in [-0.4, -0.2) is 42.4 Å². The number of hydrogen-bond donors (Lipinski definition) is 1. The van der Waals surface area contributed by atoms with Gasteiger partial charge in [0.15, 0.2) is 0 Å². The van der Waals surface area contributed by atoms with Crippen molar-refractivity contribution in [2.45, 2.75) is 32.0 Å². The van der Waals surface area contributed by atoms with Crippen LogP contribution in [-0.2, 0) is 4.74 Å². The molecule has 0 saturated carbocycles. The van der Waals surface area contributed by atoms with Crippen LogP contribution in [0.5, 0.6) is 0 Å². The Hall–Kier alpha value is -0.610. The molecule has 0 spiro atoms. The van der Waals surface area contributed by atoms with E-state index in [1.165, 1.54) is 0 Å². The molecule has 0 radical (unpaired) electrons. The summed E-state index contributed by atoms with van der Waals surface area (Å²) in [4.78, 5) is 2.37. The zero-order valence-electron chi connectivity index (χ0n) is 11.4. The van der Waals surface area contributed by atoms with Crippen molar-refractivity contribution in [2.75, 3.05) is 26.2 Å². The number of aliphatic hydroxyl groups is 1. The van der Waals surface area contributed by atoms with Crippen LogP contribution in [0.3, 0.4) is 0 Å². The Balaban J connectivity index is 1.81. The average Bonchev–Trinajstić information content (AvgIpc) is 2.45. The standard InChI is InChI=1S/C15H22ClNO2/c1-2-14-11-17(8-9-19-14)7-6-15(18)12-4-3-5-13(16)10-12/h3-5,10,14-15,18H,2,6-9,11H2,1H3.